The summed E-state index contributed by atoms with van der Waals surface area (Å²) in [4.78, 5) is 4.27. The van der Waals surface area contributed by atoms with Crippen LogP contribution in [0.5, 0.6) is 0 Å². The molecule has 0 aromatic carbocycles. The minimum Gasteiger partial charge on any atom is -0.366 e. The molecule has 0 spiro atoms. The van der Waals surface area contributed by atoms with Crippen LogP contribution in [-0.2, 0) is 0 Å². The average molecular weight is 191 g/mol. The molecule has 76 valence electrons. The number of anilines is 1. The molecule has 1 unspecified atom stereocenters. The Hall–Kier alpha value is -1.09. The Morgan fingerprint density at radius 3 is 3.00 bits per heavy atom. The third kappa shape index (κ3) is 2.23. The first kappa shape index (κ1) is 9.46. The summed E-state index contributed by atoms with van der Waals surface area (Å²) in [7, 11) is 0. The van der Waals surface area contributed by atoms with Crippen LogP contribution in [0.2, 0.25) is 0 Å². The Labute approximate surface area is 84.7 Å². The monoisotopic (exact) mass is 191 g/mol. The molecule has 1 aromatic heterocycles. The first-order chi connectivity index (χ1) is 6.79. The van der Waals surface area contributed by atoms with Crippen LogP contribution in [-0.4, -0.2) is 17.6 Å². The van der Waals surface area contributed by atoms with Gasteiger partial charge < -0.3 is 11.1 Å². The van der Waals surface area contributed by atoms with E-state index < -0.39 is 0 Å². The molecule has 1 aliphatic rings. The number of rotatable bonds is 4. The summed E-state index contributed by atoms with van der Waals surface area (Å²) in [5.41, 5.74) is 6.94. The molecule has 3 N–H and O–H groups in total. The van der Waals surface area contributed by atoms with E-state index in [0.717, 1.165) is 11.7 Å². The zero-order valence-electron chi connectivity index (χ0n) is 8.53. The molecule has 1 aliphatic carbocycles. The lowest BCUT2D eigenvalue weighted by molar-refractivity contribution is 0.642. The highest BCUT2D eigenvalue weighted by Gasteiger charge is 2.30. The molecular weight excluding hydrogens is 174 g/mol. The number of nitrogens with two attached hydrogens (primary N) is 1. The van der Waals surface area contributed by atoms with E-state index in [9.17, 15) is 0 Å². The van der Waals surface area contributed by atoms with Gasteiger partial charge in [-0.15, -0.1) is 0 Å². The van der Waals surface area contributed by atoms with Crippen molar-refractivity contribution in [2.45, 2.75) is 25.8 Å². The maximum Gasteiger partial charge on any atom is 0.126 e. The van der Waals surface area contributed by atoms with E-state index in [4.69, 9.17) is 5.73 Å². The second-order valence-electron chi connectivity index (χ2n) is 4.04. The van der Waals surface area contributed by atoms with Crippen molar-refractivity contribution in [2.75, 3.05) is 11.9 Å². The zero-order valence-corrected chi connectivity index (χ0v) is 8.53. The highest BCUT2D eigenvalue weighted by Crippen LogP contribution is 2.33. The Morgan fingerprint density at radius 2 is 2.43 bits per heavy atom. The number of aromatic nitrogens is 1. The molecule has 0 aliphatic heterocycles. The predicted molar refractivity (Wildman–Crippen MR) is 58.2 cm³/mol. The Balaban J connectivity index is 2.01. The van der Waals surface area contributed by atoms with Crippen molar-refractivity contribution in [1.29, 1.82) is 0 Å². The molecule has 3 heteroatoms. The molecule has 1 atom stereocenters. The van der Waals surface area contributed by atoms with E-state index in [2.05, 4.69) is 23.3 Å². The summed E-state index contributed by atoms with van der Waals surface area (Å²) in [6.07, 6.45) is 4.44. The van der Waals surface area contributed by atoms with Gasteiger partial charge in [0.05, 0.1) is 0 Å². The molecule has 0 bridgehead atoms. The normalized spacial score (nSPS) is 17.9. The van der Waals surface area contributed by atoms with Crippen molar-refractivity contribution in [1.82, 2.24) is 4.98 Å². The van der Waals surface area contributed by atoms with E-state index in [-0.39, 0.29) is 0 Å². The van der Waals surface area contributed by atoms with Gasteiger partial charge in [-0.2, -0.15) is 0 Å². The number of aryl methyl sites for hydroxylation is 1. The van der Waals surface area contributed by atoms with Gasteiger partial charge in [0, 0.05) is 18.8 Å². The van der Waals surface area contributed by atoms with Crippen molar-refractivity contribution in [3.63, 3.8) is 0 Å². The zero-order chi connectivity index (χ0) is 9.97. The number of hydrogen-bond donors (Lipinski definition) is 2. The quantitative estimate of drug-likeness (QED) is 0.759. The molecule has 0 saturated heterocycles. The van der Waals surface area contributed by atoms with Crippen LogP contribution >= 0.6 is 0 Å². The van der Waals surface area contributed by atoms with E-state index in [1.165, 1.54) is 18.4 Å². The first-order valence-electron chi connectivity index (χ1n) is 5.19. The van der Waals surface area contributed by atoms with Gasteiger partial charge >= 0.3 is 0 Å². The fraction of sp³-hybridized carbons (Fsp3) is 0.545. The molecule has 0 radical (unpaired) electrons. The van der Waals surface area contributed by atoms with Crippen molar-refractivity contribution >= 4 is 5.82 Å². The standard InChI is InChI=1S/C11H17N3/c1-8-4-5-13-11(6-8)14-10(7-12)9-2-3-9/h4-6,9-10H,2-3,7,12H2,1H3,(H,13,14). The van der Waals surface area contributed by atoms with Gasteiger partial charge in [0.2, 0.25) is 0 Å². The molecule has 2 rings (SSSR count). The number of hydrogen-bond acceptors (Lipinski definition) is 3. The van der Waals surface area contributed by atoms with Crippen LogP contribution in [0.3, 0.4) is 0 Å². The highest BCUT2D eigenvalue weighted by molar-refractivity contribution is 5.38. The molecule has 1 aromatic rings. The van der Waals surface area contributed by atoms with Crippen molar-refractivity contribution < 1.29 is 0 Å². The molecule has 1 saturated carbocycles. The Kier molecular flexibility index (Phi) is 2.68. The van der Waals surface area contributed by atoms with E-state index in [0.29, 0.717) is 12.6 Å². The van der Waals surface area contributed by atoms with Crippen molar-refractivity contribution in [3.05, 3.63) is 23.9 Å². The van der Waals surface area contributed by atoms with Crippen molar-refractivity contribution in [2.24, 2.45) is 11.7 Å². The van der Waals surface area contributed by atoms with Crippen LogP contribution < -0.4 is 11.1 Å². The van der Waals surface area contributed by atoms with E-state index >= 15 is 0 Å². The molecule has 0 amide bonds. The number of pyridine rings is 1. The van der Waals surface area contributed by atoms with Crippen LogP contribution in [0, 0.1) is 12.8 Å². The van der Waals surface area contributed by atoms with E-state index in [1.54, 1.807) is 0 Å². The van der Waals surface area contributed by atoms with Crippen LogP contribution in [0.1, 0.15) is 18.4 Å². The topological polar surface area (TPSA) is 50.9 Å². The van der Waals surface area contributed by atoms with Crippen LogP contribution in [0.4, 0.5) is 5.82 Å². The second-order valence-corrected chi connectivity index (χ2v) is 4.04. The maximum atomic E-state index is 5.71. The van der Waals surface area contributed by atoms with Gasteiger partial charge in [-0.3, -0.25) is 0 Å². The van der Waals surface area contributed by atoms with Gasteiger partial charge in [-0.1, -0.05) is 0 Å². The second kappa shape index (κ2) is 3.96. The highest BCUT2D eigenvalue weighted by atomic mass is 15.0. The molecule has 3 nitrogen and oxygen atoms in total. The largest absolute Gasteiger partial charge is 0.366 e. The molecule has 1 heterocycles. The summed E-state index contributed by atoms with van der Waals surface area (Å²) >= 11 is 0. The fourth-order valence-electron chi connectivity index (χ4n) is 1.67. The van der Waals surface area contributed by atoms with Crippen LogP contribution in [0.25, 0.3) is 0 Å². The lowest BCUT2D eigenvalue weighted by atomic mass is 10.2. The first-order valence-corrected chi connectivity index (χ1v) is 5.19. The number of nitrogens with one attached hydrogen (secondary N) is 1. The summed E-state index contributed by atoms with van der Waals surface area (Å²) < 4.78 is 0. The lowest BCUT2D eigenvalue weighted by Crippen LogP contribution is -2.31. The smallest absolute Gasteiger partial charge is 0.126 e. The average Bonchev–Trinajstić information content (AvgIpc) is 2.97. The fourth-order valence-corrected chi connectivity index (χ4v) is 1.67. The third-order valence-electron chi connectivity index (χ3n) is 2.69. The molecule has 1 fully saturated rings. The van der Waals surface area contributed by atoms with Crippen LogP contribution in [0.15, 0.2) is 18.3 Å². The summed E-state index contributed by atoms with van der Waals surface area (Å²) in [6, 6.07) is 4.47. The van der Waals surface area contributed by atoms with Gasteiger partial charge in [-0.25, -0.2) is 4.98 Å². The predicted octanol–water partition coefficient (Wildman–Crippen LogP) is 1.54. The van der Waals surface area contributed by atoms with Gasteiger partial charge in [0.15, 0.2) is 0 Å². The minimum absolute atomic E-state index is 0.407. The van der Waals surface area contributed by atoms with Gasteiger partial charge in [-0.05, 0) is 43.4 Å². The number of nitrogens with zero attached hydrogens (tertiary/aromatic N) is 1. The van der Waals surface area contributed by atoms with Gasteiger partial charge in [0.25, 0.3) is 0 Å². The van der Waals surface area contributed by atoms with E-state index in [1.807, 2.05) is 12.3 Å². The van der Waals surface area contributed by atoms with Crippen molar-refractivity contribution in [3.8, 4) is 0 Å². The summed E-state index contributed by atoms with van der Waals surface area (Å²) in [5.74, 6) is 1.72. The Bertz CT molecular complexity index is 307. The molecule has 14 heavy (non-hydrogen) atoms. The Morgan fingerprint density at radius 1 is 1.64 bits per heavy atom. The molecular formula is C11H17N3. The third-order valence-corrected chi connectivity index (χ3v) is 2.69. The lowest BCUT2D eigenvalue weighted by Gasteiger charge is -2.16. The van der Waals surface area contributed by atoms with Gasteiger partial charge in [0.1, 0.15) is 5.82 Å². The maximum absolute atomic E-state index is 5.71. The SMILES string of the molecule is Cc1ccnc(NC(CN)C2CC2)c1. The summed E-state index contributed by atoms with van der Waals surface area (Å²) in [5, 5.41) is 3.40. The summed E-state index contributed by atoms with van der Waals surface area (Å²) in [6.45, 7) is 2.77. The minimum atomic E-state index is 0.407.